The fraction of sp³-hybridized carbons (Fsp3) is 0.429. The van der Waals surface area contributed by atoms with Gasteiger partial charge < -0.3 is 25.0 Å². The van der Waals surface area contributed by atoms with Crippen LogP contribution in [-0.4, -0.2) is 81.3 Å². The summed E-state index contributed by atoms with van der Waals surface area (Å²) in [6, 6.07) is 5.43. The first-order chi connectivity index (χ1) is 15.0. The van der Waals surface area contributed by atoms with Crippen LogP contribution in [-0.2, 0) is 4.74 Å². The molecule has 0 unspecified atom stereocenters. The van der Waals surface area contributed by atoms with Gasteiger partial charge in [-0.3, -0.25) is 4.90 Å². The summed E-state index contributed by atoms with van der Waals surface area (Å²) in [7, 11) is 0. The van der Waals surface area contributed by atoms with Crippen LogP contribution in [0.15, 0.2) is 30.6 Å². The van der Waals surface area contributed by atoms with Gasteiger partial charge in [0.25, 0.3) is 0 Å². The van der Waals surface area contributed by atoms with Crippen LogP contribution in [0.2, 0.25) is 0 Å². The number of hydrogen-bond donors (Lipinski definition) is 3. The maximum absolute atomic E-state index is 11.1. The van der Waals surface area contributed by atoms with Crippen LogP contribution in [0.4, 0.5) is 17.5 Å². The average molecular weight is 425 g/mol. The first kappa shape index (κ1) is 21.0. The zero-order valence-corrected chi connectivity index (χ0v) is 17.7. The number of rotatable bonds is 8. The van der Waals surface area contributed by atoms with Crippen molar-refractivity contribution in [3.63, 3.8) is 0 Å². The number of ether oxygens (including phenoxy) is 1. The molecule has 0 bridgehead atoms. The second kappa shape index (κ2) is 9.27. The molecule has 0 spiro atoms. The van der Waals surface area contributed by atoms with E-state index in [4.69, 9.17) is 9.84 Å². The monoisotopic (exact) mass is 425 g/mol. The van der Waals surface area contributed by atoms with Gasteiger partial charge in [-0.2, -0.15) is 4.98 Å². The van der Waals surface area contributed by atoms with Gasteiger partial charge in [0, 0.05) is 44.3 Å². The van der Waals surface area contributed by atoms with Gasteiger partial charge >= 0.3 is 5.97 Å². The van der Waals surface area contributed by atoms with E-state index >= 15 is 0 Å². The Hall–Kier alpha value is -3.24. The standard InChI is InChI=1S/C21H27N7O3/c1-14(2)31-10-9-27-5-7-28(8-6-27)16-3-4-18(22-13-16)25-21-23-12-15-11-17(20(29)30)24-19(15)26-21/h3-4,11-14H,5-10H2,1-2H3,(H,29,30)(H2,22,23,24,25,26). The lowest BCUT2D eigenvalue weighted by molar-refractivity contribution is 0.0579. The van der Waals surface area contributed by atoms with E-state index in [1.807, 2.05) is 18.3 Å². The summed E-state index contributed by atoms with van der Waals surface area (Å²) in [4.78, 5) is 31.6. The number of H-pyrrole nitrogens is 1. The largest absolute Gasteiger partial charge is 0.477 e. The second-order valence-corrected chi connectivity index (χ2v) is 7.76. The number of nitrogens with one attached hydrogen (secondary N) is 2. The summed E-state index contributed by atoms with van der Waals surface area (Å²) in [5.41, 5.74) is 1.62. The van der Waals surface area contributed by atoms with Crippen molar-refractivity contribution in [2.24, 2.45) is 0 Å². The molecule has 31 heavy (non-hydrogen) atoms. The number of aromatic nitrogens is 4. The highest BCUT2D eigenvalue weighted by Gasteiger charge is 2.17. The predicted molar refractivity (Wildman–Crippen MR) is 118 cm³/mol. The molecule has 4 heterocycles. The Balaban J connectivity index is 1.32. The number of carboxylic acids is 1. The number of carboxylic acid groups (broad SMARTS) is 1. The molecule has 1 saturated heterocycles. The smallest absolute Gasteiger partial charge is 0.352 e. The van der Waals surface area contributed by atoms with Crippen LogP contribution in [0.1, 0.15) is 24.3 Å². The maximum atomic E-state index is 11.1. The highest BCUT2D eigenvalue weighted by molar-refractivity contribution is 5.92. The fourth-order valence-electron chi connectivity index (χ4n) is 3.50. The molecule has 3 N–H and O–H groups in total. The van der Waals surface area contributed by atoms with Gasteiger partial charge in [0.15, 0.2) is 0 Å². The van der Waals surface area contributed by atoms with E-state index in [0.717, 1.165) is 45.0 Å². The molecule has 164 valence electrons. The summed E-state index contributed by atoms with van der Waals surface area (Å²) >= 11 is 0. The number of nitrogens with zero attached hydrogens (tertiary/aromatic N) is 5. The Morgan fingerprint density at radius 1 is 1.23 bits per heavy atom. The van der Waals surface area contributed by atoms with Gasteiger partial charge in [0.1, 0.15) is 17.2 Å². The number of piperazine rings is 1. The minimum atomic E-state index is -1.03. The second-order valence-electron chi connectivity index (χ2n) is 7.76. The molecule has 0 atom stereocenters. The summed E-state index contributed by atoms with van der Waals surface area (Å²) in [5, 5.41) is 12.8. The fourth-order valence-corrected chi connectivity index (χ4v) is 3.50. The van der Waals surface area contributed by atoms with Gasteiger partial charge in [-0.05, 0) is 32.0 Å². The van der Waals surface area contributed by atoms with Crippen LogP contribution in [0.5, 0.6) is 0 Å². The van der Waals surface area contributed by atoms with Crippen LogP contribution < -0.4 is 10.2 Å². The predicted octanol–water partition coefficient (Wildman–Crippen LogP) is 2.34. The van der Waals surface area contributed by atoms with Crippen molar-refractivity contribution in [2.45, 2.75) is 20.0 Å². The Morgan fingerprint density at radius 2 is 2.03 bits per heavy atom. The van der Waals surface area contributed by atoms with Crippen LogP contribution in [0, 0.1) is 0 Å². The van der Waals surface area contributed by atoms with E-state index in [9.17, 15) is 4.79 Å². The quantitative estimate of drug-likeness (QED) is 0.499. The molecule has 1 aliphatic rings. The normalized spacial score (nSPS) is 15.0. The minimum Gasteiger partial charge on any atom is -0.477 e. The van der Waals surface area contributed by atoms with Crippen LogP contribution in [0.25, 0.3) is 11.0 Å². The molecule has 0 amide bonds. The maximum Gasteiger partial charge on any atom is 0.352 e. The Kier molecular flexibility index (Phi) is 6.28. The zero-order valence-electron chi connectivity index (χ0n) is 17.7. The Labute approximate surface area is 180 Å². The molecule has 0 aromatic carbocycles. The third-order valence-electron chi connectivity index (χ3n) is 5.18. The van der Waals surface area contributed by atoms with Gasteiger partial charge in [-0.1, -0.05) is 0 Å². The van der Waals surface area contributed by atoms with Gasteiger partial charge in [0.05, 0.1) is 24.6 Å². The summed E-state index contributed by atoms with van der Waals surface area (Å²) < 4.78 is 5.64. The summed E-state index contributed by atoms with van der Waals surface area (Å²) in [6.45, 7) is 9.77. The molecule has 4 rings (SSSR count). The number of carbonyl (C=O) groups is 1. The highest BCUT2D eigenvalue weighted by Crippen LogP contribution is 2.20. The first-order valence-corrected chi connectivity index (χ1v) is 10.4. The zero-order chi connectivity index (χ0) is 21.8. The summed E-state index contributed by atoms with van der Waals surface area (Å²) in [6.07, 6.45) is 3.69. The average Bonchev–Trinajstić information content (AvgIpc) is 3.19. The Bertz CT molecular complexity index is 1030. The van der Waals surface area contributed by atoms with Crippen molar-refractivity contribution >= 4 is 34.5 Å². The SMILES string of the molecule is CC(C)OCCN1CCN(c2ccc(Nc3ncc4cc(C(=O)O)[nH]c4n3)nc2)CC1. The number of hydrogen-bond acceptors (Lipinski definition) is 8. The molecule has 3 aromatic rings. The van der Waals surface area contributed by atoms with Crippen molar-refractivity contribution in [1.82, 2.24) is 24.8 Å². The highest BCUT2D eigenvalue weighted by atomic mass is 16.5. The lowest BCUT2D eigenvalue weighted by Crippen LogP contribution is -2.47. The van der Waals surface area contributed by atoms with Gasteiger partial charge in [-0.25, -0.2) is 14.8 Å². The first-order valence-electron chi connectivity index (χ1n) is 10.4. The van der Waals surface area contributed by atoms with E-state index in [1.54, 1.807) is 6.20 Å². The molecule has 0 aliphatic carbocycles. The molecule has 1 aliphatic heterocycles. The van der Waals surface area contributed by atoms with E-state index in [0.29, 0.717) is 22.8 Å². The lowest BCUT2D eigenvalue weighted by Gasteiger charge is -2.36. The lowest BCUT2D eigenvalue weighted by atomic mass is 10.2. The van der Waals surface area contributed by atoms with E-state index in [-0.39, 0.29) is 11.8 Å². The van der Waals surface area contributed by atoms with Crippen molar-refractivity contribution in [2.75, 3.05) is 49.5 Å². The van der Waals surface area contributed by atoms with Crippen LogP contribution in [0.3, 0.4) is 0 Å². The third-order valence-corrected chi connectivity index (χ3v) is 5.18. The van der Waals surface area contributed by atoms with Crippen molar-refractivity contribution in [3.05, 3.63) is 36.3 Å². The summed E-state index contributed by atoms with van der Waals surface area (Å²) in [5.74, 6) is -0.0594. The Morgan fingerprint density at radius 3 is 2.71 bits per heavy atom. The molecule has 1 fully saturated rings. The molecule has 10 heteroatoms. The molecular weight excluding hydrogens is 398 g/mol. The number of aromatic amines is 1. The van der Waals surface area contributed by atoms with Crippen molar-refractivity contribution < 1.29 is 14.6 Å². The van der Waals surface area contributed by atoms with E-state index in [2.05, 4.69) is 48.9 Å². The number of pyridine rings is 1. The van der Waals surface area contributed by atoms with E-state index in [1.165, 1.54) is 6.07 Å². The van der Waals surface area contributed by atoms with E-state index < -0.39 is 5.97 Å². The van der Waals surface area contributed by atoms with Crippen molar-refractivity contribution in [3.8, 4) is 0 Å². The van der Waals surface area contributed by atoms with Gasteiger partial charge in [0.2, 0.25) is 5.95 Å². The van der Waals surface area contributed by atoms with Crippen molar-refractivity contribution in [1.29, 1.82) is 0 Å². The number of anilines is 3. The topological polar surface area (TPSA) is 120 Å². The molecule has 0 radical (unpaired) electrons. The minimum absolute atomic E-state index is 0.0801. The molecule has 10 nitrogen and oxygen atoms in total. The van der Waals surface area contributed by atoms with Crippen LogP contribution >= 0.6 is 0 Å². The molecule has 3 aromatic heterocycles. The van der Waals surface area contributed by atoms with Gasteiger partial charge in [-0.15, -0.1) is 0 Å². The number of fused-ring (bicyclic) bond motifs is 1. The molecular formula is C21H27N7O3. The molecule has 0 saturated carbocycles. The third kappa shape index (κ3) is 5.28. The number of aromatic carboxylic acids is 1.